The number of rotatable bonds is 4. The maximum Gasteiger partial charge on any atom is 0.130 e. The molecule has 2 aromatic carbocycles. The van der Waals surface area contributed by atoms with Crippen molar-refractivity contribution >= 4 is 22.5 Å². The first-order chi connectivity index (χ1) is 13.6. The highest BCUT2D eigenvalue weighted by Gasteiger charge is 2.49. The molecule has 3 nitrogen and oxygen atoms in total. The van der Waals surface area contributed by atoms with Crippen molar-refractivity contribution < 1.29 is 9.13 Å². The molecule has 0 N–H and O–H groups in total. The van der Waals surface area contributed by atoms with Crippen LogP contribution in [0.2, 0.25) is 0 Å². The van der Waals surface area contributed by atoms with Gasteiger partial charge in [0.25, 0.3) is 0 Å². The largest absolute Gasteiger partial charge is 0.371 e. The molecular weight excluding hydrogens is 371 g/mol. The summed E-state index contributed by atoms with van der Waals surface area (Å²) < 4.78 is 22.6. The van der Waals surface area contributed by atoms with Gasteiger partial charge in [-0.2, -0.15) is 0 Å². The zero-order chi connectivity index (χ0) is 19.1. The van der Waals surface area contributed by atoms with Crippen LogP contribution >= 0.6 is 11.9 Å². The number of hydrogen-bond donors (Lipinski definition) is 0. The average Bonchev–Trinajstić information content (AvgIpc) is 2.64. The lowest BCUT2D eigenvalue weighted by molar-refractivity contribution is -0.160. The van der Waals surface area contributed by atoms with Crippen molar-refractivity contribution in [3.63, 3.8) is 0 Å². The summed E-state index contributed by atoms with van der Waals surface area (Å²) in [6.07, 6.45) is 5.36. The molecule has 5 rings (SSSR count). The van der Waals surface area contributed by atoms with Gasteiger partial charge in [-0.15, -0.1) is 0 Å². The van der Waals surface area contributed by atoms with Gasteiger partial charge >= 0.3 is 0 Å². The van der Waals surface area contributed by atoms with Gasteiger partial charge in [0.05, 0.1) is 13.2 Å². The van der Waals surface area contributed by atoms with E-state index in [2.05, 4.69) is 40.4 Å². The number of hydrogen-bond acceptors (Lipinski definition) is 4. The summed E-state index contributed by atoms with van der Waals surface area (Å²) in [5.74, 6) is -0.141. The first-order valence-corrected chi connectivity index (χ1v) is 10.5. The minimum absolute atomic E-state index is 0.0572. The number of benzene rings is 2. The van der Waals surface area contributed by atoms with E-state index in [1.54, 1.807) is 18.0 Å². The van der Waals surface area contributed by atoms with Crippen LogP contribution in [0, 0.1) is 5.82 Å². The van der Waals surface area contributed by atoms with Crippen molar-refractivity contribution in [2.45, 2.75) is 25.5 Å². The Hall–Kier alpha value is -2.24. The topological polar surface area (TPSA) is 15.7 Å². The molecule has 28 heavy (non-hydrogen) atoms. The molecule has 144 valence electrons. The monoisotopic (exact) mass is 394 g/mol. The third-order valence-corrected chi connectivity index (χ3v) is 6.98. The second-order valence-electron chi connectivity index (χ2n) is 7.75. The van der Waals surface area contributed by atoms with E-state index in [4.69, 9.17) is 4.74 Å². The normalized spacial score (nSPS) is 20.4. The Morgan fingerprint density at radius 2 is 1.89 bits per heavy atom. The van der Waals surface area contributed by atoms with Crippen molar-refractivity contribution in [3.05, 3.63) is 83.3 Å². The highest BCUT2D eigenvalue weighted by Crippen LogP contribution is 2.40. The van der Waals surface area contributed by atoms with Crippen LogP contribution in [-0.2, 0) is 11.3 Å². The standard InChI is InChI=1S/C23H23FN2OS/c1-17-7-10-22(18-5-3-2-4-6-18)28-26(17)14-19-8-9-20(13-21(19)24)25-15-23(16-25)11-12-27-23/h2-10,13H,11-12,14-16H2,1H3. The van der Waals surface area contributed by atoms with E-state index in [0.717, 1.165) is 37.5 Å². The van der Waals surface area contributed by atoms with Crippen molar-refractivity contribution in [3.8, 4) is 0 Å². The lowest BCUT2D eigenvalue weighted by Crippen LogP contribution is -2.68. The van der Waals surface area contributed by atoms with E-state index in [1.807, 2.05) is 30.3 Å². The lowest BCUT2D eigenvalue weighted by atomic mass is 9.86. The molecule has 5 heteroatoms. The van der Waals surface area contributed by atoms with Gasteiger partial charge in [-0.05, 0) is 48.7 Å². The van der Waals surface area contributed by atoms with Crippen LogP contribution in [0.1, 0.15) is 24.5 Å². The van der Waals surface area contributed by atoms with E-state index in [0.29, 0.717) is 12.1 Å². The highest BCUT2D eigenvalue weighted by atomic mass is 32.2. The van der Waals surface area contributed by atoms with E-state index >= 15 is 0 Å². The van der Waals surface area contributed by atoms with Crippen molar-refractivity contribution in [1.29, 1.82) is 0 Å². The van der Waals surface area contributed by atoms with Crippen molar-refractivity contribution in [2.24, 2.45) is 0 Å². The Morgan fingerprint density at radius 3 is 2.57 bits per heavy atom. The molecule has 3 aliphatic heterocycles. The smallest absolute Gasteiger partial charge is 0.130 e. The molecule has 3 aliphatic rings. The van der Waals surface area contributed by atoms with E-state index in [1.165, 1.54) is 10.5 Å². The molecule has 1 spiro atoms. The number of halogens is 1. The molecule has 2 fully saturated rings. The minimum atomic E-state index is -0.141. The molecule has 0 amide bonds. The number of nitrogens with zero attached hydrogens (tertiary/aromatic N) is 2. The van der Waals surface area contributed by atoms with E-state index < -0.39 is 0 Å². The molecule has 0 radical (unpaired) electrons. The van der Waals surface area contributed by atoms with Crippen LogP contribution in [-0.4, -0.2) is 29.6 Å². The zero-order valence-electron chi connectivity index (χ0n) is 15.9. The van der Waals surface area contributed by atoms with E-state index in [9.17, 15) is 4.39 Å². The molecule has 0 aliphatic carbocycles. The van der Waals surface area contributed by atoms with Gasteiger partial charge < -0.3 is 13.9 Å². The quantitative estimate of drug-likeness (QED) is 0.661. The third-order valence-electron chi connectivity index (χ3n) is 5.78. The maximum atomic E-state index is 14.8. The Labute approximate surface area is 169 Å². The number of anilines is 1. The second-order valence-corrected chi connectivity index (χ2v) is 8.81. The predicted molar refractivity (Wildman–Crippen MR) is 113 cm³/mol. The van der Waals surface area contributed by atoms with Gasteiger partial charge in [0.2, 0.25) is 0 Å². The summed E-state index contributed by atoms with van der Waals surface area (Å²) in [5, 5.41) is 0. The molecular formula is C23H23FN2OS. The Bertz CT molecular complexity index is 944. The fourth-order valence-corrected chi connectivity index (χ4v) is 4.91. The molecule has 3 heterocycles. The Balaban J connectivity index is 1.28. The SMILES string of the molecule is CC1=CC=C(c2ccccc2)SN1Cc1ccc(N2CC3(CCO3)C2)cc1F. The molecule has 0 saturated carbocycles. The first kappa shape index (κ1) is 17.8. The summed E-state index contributed by atoms with van der Waals surface area (Å²) in [6, 6.07) is 15.9. The second kappa shape index (κ2) is 6.98. The van der Waals surface area contributed by atoms with Crippen LogP contribution in [0.4, 0.5) is 10.1 Å². The first-order valence-electron chi connectivity index (χ1n) is 9.69. The fourth-order valence-electron chi connectivity index (χ4n) is 3.90. The molecule has 2 aromatic rings. The molecule has 0 aromatic heterocycles. The highest BCUT2D eigenvalue weighted by molar-refractivity contribution is 8.06. The minimum Gasteiger partial charge on any atom is -0.371 e. The van der Waals surface area contributed by atoms with Gasteiger partial charge in [0, 0.05) is 41.4 Å². The van der Waals surface area contributed by atoms with Crippen molar-refractivity contribution in [2.75, 3.05) is 24.6 Å². The fraction of sp³-hybridized carbons (Fsp3) is 0.304. The predicted octanol–water partition coefficient (Wildman–Crippen LogP) is 5.21. The van der Waals surface area contributed by atoms with Crippen LogP contribution in [0.3, 0.4) is 0 Å². The number of ether oxygens (including phenoxy) is 1. The molecule has 0 unspecified atom stereocenters. The summed E-state index contributed by atoms with van der Waals surface area (Å²) in [7, 11) is 0. The van der Waals surface area contributed by atoms with Gasteiger partial charge in [0.15, 0.2) is 0 Å². The molecule has 2 saturated heterocycles. The molecule has 0 bridgehead atoms. The van der Waals surface area contributed by atoms with Gasteiger partial charge in [-0.1, -0.05) is 36.4 Å². The Morgan fingerprint density at radius 1 is 1.11 bits per heavy atom. The molecule has 0 atom stereocenters. The third kappa shape index (κ3) is 3.23. The van der Waals surface area contributed by atoms with Gasteiger partial charge in [-0.25, -0.2) is 4.39 Å². The van der Waals surface area contributed by atoms with Crippen LogP contribution < -0.4 is 4.90 Å². The van der Waals surface area contributed by atoms with Crippen LogP contribution in [0.25, 0.3) is 4.91 Å². The summed E-state index contributed by atoms with van der Waals surface area (Å²) in [4.78, 5) is 3.37. The number of allylic oxidation sites excluding steroid dienone is 3. The van der Waals surface area contributed by atoms with Gasteiger partial charge in [0.1, 0.15) is 11.4 Å². The summed E-state index contributed by atoms with van der Waals surface area (Å²) in [5.41, 5.74) is 4.03. The average molecular weight is 395 g/mol. The zero-order valence-corrected chi connectivity index (χ0v) is 16.7. The van der Waals surface area contributed by atoms with Crippen LogP contribution in [0.15, 0.2) is 66.4 Å². The van der Waals surface area contributed by atoms with Gasteiger partial charge in [-0.3, -0.25) is 0 Å². The van der Waals surface area contributed by atoms with Crippen molar-refractivity contribution in [1.82, 2.24) is 4.31 Å². The maximum absolute atomic E-state index is 14.8. The summed E-state index contributed by atoms with van der Waals surface area (Å²) in [6.45, 7) is 5.22. The Kier molecular flexibility index (Phi) is 4.44. The van der Waals surface area contributed by atoms with E-state index in [-0.39, 0.29) is 11.4 Å². The lowest BCUT2D eigenvalue weighted by Gasteiger charge is -2.56. The van der Waals surface area contributed by atoms with Crippen LogP contribution in [0.5, 0.6) is 0 Å². The summed E-state index contributed by atoms with van der Waals surface area (Å²) >= 11 is 1.67.